The molecule has 0 aromatic heterocycles. The largest absolute Gasteiger partial charge is 0.469 e. The number of esters is 1. The van der Waals surface area contributed by atoms with Gasteiger partial charge in [0.15, 0.2) is 0 Å². The summed E-state index contributed by atoms with van der Waals surface area (Å²) >= 11 is 0. The summed E-state index contributed by atoms with van der Waals surface area (Å²) < 4.78 is 4.74. The zero-order valence-corrected chi connectivity index (χ0v) is 12.5. The van der Waals surface area contributed by atoms with E-state index in [0.717, 1.165) is 5.56 Å². The van der Waals surface area contributed by atoms with Gasteiger partial charge in [-0.15, -0.1) is 0 Å². The van der Waals surface area contributed by atoms with E-state index < -0.39 is 0 Å². The highest BCUT2D eigenvalue weighted by Crippen LogP contribution is 2.19. The van der Waals surface area contributed by atoms with Crippen LogP contribution >= 0.6 is 0 Å². The van der Waals surface area contributed by atoms with Crippen molar-refractivity contribution in [3.05, 3.63) is 71.8 Å². The maximum Gasteiger partial charge on any atom is 0.306 e. The minimum atomic E-state index is -0.289. The zero-order chi connectivity index (χ0) is 15.8. The number of hydrogen-bond acceptors (Lipinski definition) is 3. The molecule has 4 heteroatoms. The fourth-order valence-corrected chi connectivity index (χ4v) is 2.23. The first kappa shape index (κ1) is 15.8. The Morgan fingerprint density at radius 2 is 1.59 bits per heavy atom. The minimum Gasteiger partial charge on any atom is -0.469 e. The first-order valence-electron chi connectivity index (χ1n) is 7.15. The molecule has 4 nitrogen and oxygen atoms in total. The van der Waals surface area contributed by atoms with Gasteiger partial charge in [-0.25, -0.2) is 0 Å². The standard InChI is InChI=1S/C18H19NO3/c1-22-17(20)12-16(14-8-4-2-5-9-14)13-19-18(21)15-10-6-3-7-11-15/h2-11,16H,12-13H2,1H3,(H,19,21)/t16-/m0/s1. The molecule has 0 bridgehead atoms. The Kier molecular flexibility index (Phi) is 5.72. The van der Waals surface area contributed by atoms with Crippen molar-refractivity contribution in [3.63, 3.8) is 0 Å². The van der Waals surface area contributed by atoms with Crippen LogP contribution in [-0.2, 0) is 9.53 Å². The fraction of sp³-hybridized carbons (Fsp3) is 0.222. The number of rotatable bonds is 6. The zero-order valence-electron chi connectivity index (χ0n) is 12.5. The first-order chi connectivity index (χ1) is 10.7. The summed E-state index contributed by atoms with van der Waals surface area (Å²) in [7, 11) is 1.37. The van der Waals surface area contributed by atoms with Gasteiger partial charge in [0.1, 0.15) is 0 Å². The van der Waals surface area contributed by atoms with Crippen LogP contribution in [0.25, 0.3) is 0 Å². The van der Waals surface area contributed by atoms with Gasteiger partial charge in [-0.05, 0) is 17.7 Å². The second-order valence-corrected chi connectivity index (χ2v) is 4.96. The molecule has 1 N–H and O–H groups in total. The average molecular weight is 297 g/mol. The van der Waals surface area contributed by atoms with Crippen molar-refractivity contribution in [2.75, 3.05) is 13.7 Å². The molecule has 0 aliphatic rings. The van der Waals surface area contributed by atoms with Gasteiger partial charge in [-0.3, -0.25) is 9.59 Å². The van der Waals surface area contributed by atoms with Crippen LogP contribution < -0.4 is 5.32 Å². The minimum absolute atomic E-state index is 0.110. The van der Waals surface area contributed by atoms with E-state index in [0.29, 0.717) is 12.1 Å². The highest BCUT2D eigenvalue weighted by molar-refractivity contribution is 5.94. The predicted molar refractivity (Wildman–Crippen MR) is 84.6 cm³/mol. The van der Waals surface area contributed by atoms with Crippen LogP contribution in [0.1, 0.15) is 28.3 Å². The van der Waals surface area contributed by atoms with Gasteiger partial charge in [-0.2, -0.15) is 0 Å². The molecule has 0 unspecified atom stereocenters. The van der Waals surface area contributed by atoms with Gasteiger partial charge in [-0.1, -0.05) is 48.5 Å². The van der Waals surface area contributed by atoms with Crippen molar-refractivity contribution < 1.29 is 14.3 Å². The molecule has 0 fully saturated rings. The molecule has 2 rings (SSSR count). The molecule has 0 heterocycles. The van der Waals surface area contributed by atoms with Crippen molar-refractivity contribution in [3.8, 4) is 0 Å². The van der Waals surface area contributed by atoms with Crippen LogP contribution in [-0.4, -0.2) is 25.5 Å². The van der Waals surface area contributed by atoms with E-state index in [4.69, 9.17) is 4.74 Å². The van der Waals surface area contributed by atoms with Gasteiger partial charge < -0.3 is 10.1 Å². The molecule has 0 radical (unpaired) electrons. The van der Waals surface area contributed by atoms with E-state index >= 15 is 0 Å². The number of hydrogen-bond donors (Lipinski definition) is 1. The number of amides is 1. The molecule has 1 atom stereocenters. The number of carbonyl (C=O) groups is 2. The molecule has 22 heavy (non-hydrogen) atoms. The average Bonchev–Trinajstić information content (AvgIpc) is 2.59. The third kappa shape index (κ3) is 4.45. The molecular weight excluding hydrogens is 278 g/mol. The van der Waals surface area contributed by atoms with Crippen molar-refractivity contribution in [2.24, 2.45) is 0 Å². The first-order valence-corrected chi connectivity index (χ1v) is 7.15. The number of methoxy groups -OCH3 is 1. The lowest BCUT2D eigenvalue weighted by Gasteiger charge is -2.17. The number of benzene rings is 2. The van der Waals surface area contributed by atoms with Crippen LogP contribution in [0.2, 0.25) is 0 Å². The molecule has 2 aromatic carbocycles. The molecular formula is C18H19NO3. The van der Waals surface area contributed by atoms with Crippen molar-refractivity contribution >= 4 is 11.9 Å². The number of nitrogens with one attached hydrogen (secondary N) is 1. The lowest BCUT2D eigenvalue weighted by atomic mass is 9.95. The Balaban J connectivity index is 2.04. The summed E-state index contributed by atoms with van der Waals surface area (Å²) in [5.74, 6) is -0.546. The smallest absolute Gasteiger partial charge is 0.306 e. The summed E-state index contributed by atoms with van der Waals surface area (Å²) in [6.07, 6.45) is 0.232. The summed E-state index contributed by atoms with van der Waals surface area (Å²) in [6, 6.07) is 18.7. The van der Waals surface area contributed by atoms with E-state index in [9.17, 15) is 9.59 Å². The van der Waals surface area contributed by atoms with Crippen LogP contribution in [0.5, 0.6) is 0 Å². The summed E-state index contributed by atoms with van der Waals surface area (Å²) in [5.41, 5.74) is 1.61. The lowest BCUT2D eigenvalue weighted by molar-refractivity contribution is -0.141. The molecule has 0 saturated heterocycles. The second-order valence-electron chi connectivity index (χ2n) is 4.96. The monoisotopic (exact) mass is 297 g/mol. The Morgan fingerprint density at radius 3 is 2.18 bits per heavy atom. The van der Waals surface area contributed by atoms with Gasteiger partial charge in [0.2, 0.25) is 0 Å². The van der Waals surface area contributed by atoms with Crippen LogP contribution in [0.4, 0.5) is 0 Å². The third-order valence-electron chi connectivity index (χ3n) is 3.46. The molecule has 1 amide bonds. The predicted octanol–water partition coefficient (Wildman–Crippen LogP) is 2.76. The number of carbonyl (C=O) groups excluding carboxylic acids is 2. The summed E-state index contributed by atoms with van der Waals surface area (Å²) in [6.45, 7) is 0.382. The van der Waals surface area contributed by atoms with Gasteiger partial charge in [0.25, 0.3) is 5.91 Å². The van der Waals surface area contributed by atoms with E-state index in [-0.39, 0.29) is 24.2 Å². The topological polar surface area (TPSA) is 55.4 Å². The van der Waals surface area contributed by atoms with E-state index in [1.165, 1.54) is 7.11 Å². The Hall–Kier alpha value is -2.62. The molecule has 114 valence electrons. The molecule has 0 spiro atoms. The Labute approximate surface area is 130 Å². The SMILES string of the molecule is COC(=O)C[C@@H](CNC(=O)c1ccccc1)c1ccccc1. The summed E-state index contributed by atoms with van der Waals surface area (Å²) in [5, 5.41) is 2.88. The van der Waals surface area contributed by atoms with Crippen LogP contribution in [0, 0.1) is 0 Å². The number of ether oxygens (including phenoxy) is 1. The Morgan fingerprint density at radius 1 is 1.00 bits per heavy atom. The van der Waals surface area contributed by atoms with Gasteiger partial charge >= 0.3 is 5.97 Å². The van der Waals surface area contributed by atoms with Crippen LogP contribution in [0.15, 0.2) is 60.7 Å². The molecule has 2 aromatic rings. The lowest BCUT2D eigenvalue weighted by Crippen LogP contribution is -2.29. The van der Waals surface area contributed by atoms with Gasteiger partial charge in [0.05, 0.1) is 13.5 Å². The second kappa shape index (κ2) is 7.98. The molecule has 0 saturated carbocycles. The Bertz CT molecular complexity index is 611. The van der Waals surface area contributed by atoms with Gasteiger partial charge in [0, 0.05) is 18.0 Å². The maximum atomic E-state index is 12.1. The van der Waals surface area contributed by atoms with E-state index in [1.54, 1.807) is 12.1 Å². The van der Waals surface area contributed by atoms with Crippen molar-refractivity contribution in [1.82, 2.24) is 5.32 Å². The van der Waals surface area contributed by atoms with Crippen molar-refractivity contribution in [1.29, 1.82) is 0 Å². The summed E-state index contributed by atoms with van der Waals surface area (Å²) in [4.78, 5) is 23.7. The van der Waals surface area contributed by atoms with E-state index in [2.05, 4.69) is 5.32 Å². The maximum absolute atomic E-state index is 12.1. The molecule has 0 aliphatic carbocycles. The molecule has 0 aliphatic heterocycles. The fourth-order valence-electron chi connectivity index (χ4n) is 2.23. The highest BCUT2D eigenvalue weighted by atomic mass is 16.5. The van der Waals surface area contributed by atoms with Crippen LogP contribution in [0.3, 0.4) is 0 Å². The normalized spacial score (nSPS) is 11.5. The van der Waals surface area contributed by atoms with Crippen molar-refractivity contribution in [2.45, 2.75) is 12.3 Å². The third-order valence-corrected chi connectivity index (χ3v) is 3.46. The quantitative estimate of drug-likeness (QED) is 0.834. The highest BCUT2D eigenvalue weighted by Gasteiger charge is 2.17. The van der Waals surface area contributed by atoms with E-state index in [1.807, 2.05) is 48.5 Å².